The van der Waals surface area contributed by atoms with E-state index in [1.807, 2.05) is 0 Å². The molecule has 0 aliphatic carbocycles. The maximum absolute atomic E-state index is 12.5. The van der Waals surface area contributed by atoms with E-state index in [9.17, 15) is 19.2 Å². The van der Waals surface area contributed by atoms with Crippen LogP contribution in [0.3, 0.4) is 0 Å². The van der Waals surface area contributed by atoms with Crippen LogP contribution in [0.25, 0.3) is 0 Å². The summed E-state index contributed by atoms with van der Waals surface area (Å²) in [4.78, 5) is 49.5. The molecule has 3 saturated heterocycles. The van der Waals surface area contributed by atoms with Crippen LogP contribution in [0.4, 0.5) is 10.5 Å². The van der Waals surface area contributed by atoms with Gasteiger partial charge in [0.2, 0.25) is 11.8 Å². The number of carbonyl (C=O) groups is 4. The number of rotatable bonds is 5. The molecule has 3 heterocycles. The van der Waals surface area contributed by atoms with E-state index in [2.05, 4.69) is 5.32 Å². The SMILES string of the molecule is CC(=O)c1cccc(NC(=O)OCCN2C(=O)C3C4CCC(O4)C3C2=O)c1. The van der Waals surface area contributed by atoms with E-state index in [1.54, 1.807) is 24.3 Å². The van der Waals surface area contributed by atoms with Gasteiger partial charge in [0.1, 0.15) is 6.61 Å². The Kier molecular flexibility index (Phi) is 4.43. The number of likely N-dealkylation sites (tertiary alicyclic amines) is 1. The van der Waals surface area contributed by atoms with E-state index < -0.39 is 6.09 Å². The Morgan fingerprint density at radius 3 is 2.48 bits per heavy atom. The van der Waals surface area contributed by atoms with Crippen molar-refractivity contribution in [3.8, 4) is 0 Å². The summed E-state index contributed by atoms with van der Waals surface area (Å²) in [6, 6.07) is 6.49. The highest BCUT2D eigenvalue weighted by Crippen LogP contribution is 2.48. The third kappa shape index (κ3) is 3.10. The summed E-state index contributed by atoms with van der Waals surface area (Å²) in [5.41, 5.74) is 0.911. The fraction of sp³-hybridized carbons (Fsp3) is 0.474. The number of carbonyl (C=O) groups excluding carboxylic acids is 4. The average molecular weight is 372 g/mol. The number of nitrogens with zero attached hydrogens (tertiary/aromatic N) is 1. The predicted octanol–water partition coefficient (Wildman–Crippen LogP) is 1.60. The molecule has 0 radical (unpaired) electrons. The number of hydrogen-bond donors (Lipinski definition) is 1. The molecule has 8 heteroatoms. The highest BCUT2D eigenvalue weighted by atomic mass is 16.5. The Labute approximate surface area is 155 Å². The van der Waals surface area contributed by atoms with Crippen LogP contribution in [0.15, 0.2) is 24.3 Å². The molecule has 0 saturated carbocycles. The molecular formula is C19H20N2O6. The summed E-state index contributed by atoms with van der Waals surface area (Å²) in [7, 11) is 0. The van der Waals surface area contributed by atoms with Crippen molar-refractivity contribution in [2.24, 2.45) is 11.8 Å². The second-order valence-corrected chi connectivity index (χ2v) is 7.07. The molecule has 4 atom stereocenters. The van der Waals surface area contributed by atoms with Gasteiger partial charge in [0.05, 0.1) is 30.6 Å². The molecule has 8 nitrogen and oxygen atoms in total. The largest absolute Gasteiger partial charge is 0.447 e. The lowest BCUT2D eigenvalue weighted by atomic mass is 9.81. The highest BCUT2D eigenvalue weighted by Gasteiger charge is 2.62. The Hall–Kier alpha value is -2.74. The van der Waals surface area contributed by atoms with E-state index >= 15 is 0 Å². The second-order valence-electron chi connectivity index (χ2n) is 7.07. The van der Waals surface area contributed by atoms with E-state index in [4.69, 9.17) is 9.47 Å². The van der Waals surface area contributed by atoms with Crippen LogP contribution in [0, 0.1) is 11.8 Å². The second kappa shape index (κ2) is 6.77. The van der Waals surface area contributed by atoms with Gasteiger partial charge in [-0.15, -0.1) is 0 Å². The van der Waals surface area contributed by atoms with Crippen LogP contribution in [0.2, 0.25) is 0 Å². The number of Topliss-reactive ketones (excluding diaryl/α,β-unsaturated/α-hetero) is 1. The lowest BCUT2D eigenvalue weighted by Gasteiger charge is -2.17. The number of ether oxygens (including phenoxy) is 2. The van der Waals surface area contributed by atoms with Crippen molar-refractivity contribution in [1.29, 1.82) is 0 Å². The molecule has 1 aromatic rings. The van der Waals surface area contributed by atoms with Gasteiger partial charge in [0, 0.05) is 11.3 Å². The summed E-state index contributed by atoms with van der Waals surface area (Å²) in [6.45, 7) is 1.38. The summed E-state index contributed by atoms with van der Waals surface area (Å²) < 4.78 is 10.8. The van der Waals surface area contributed by atoms with Gasteiger partial charge < -0.3 is 9.47 Å². The summed E-state index contributed by atoms with van der Waals surface area (Å²) in [5.74, 6) is -1.31. The zero-order valence-corrected chi connectivity index (χ0v) is 14.8. The quantitative estimate of drug-likeness (QED) is 0.622. The van der Waals surface area contributed by atoms with Crippen molar-refractivity contribution in [2.75, 3.05) is 18.5 Å². The summed E-state index contributed by atoms with van der Waals surface area (Å²) >= 11 is 0. The van der Waals surface area contributed by atoms with Gasteiger partial charge in [-0.2, -0.15) is 0 Å². The zero-order chi connectivity index (χ0) is 19.1. The van der Waals surface area contributed by atoms with Gasteiger partial charge in [-0.25, -0.2) is 4.79 Å². The van der Waals surface area contributed by atoms with Gasteiger partial charge in [-0.05, 0) is 31.9 Å². The number of ketones is 1. The van der Waals surface area contributed by atoms with Gasteiger partial charge in [0.25, 0.3) is 0 Å². The third-order valence-corrected chi connectivity index (χ3v) is 5.44. The molecule has 0 aromatic heterocycles. The molecule has 27 heavy (non-hydrogen) atoms. The molecule has 4 rings (SSSR count). The summed E-state index contributed by atoms with van der Waals surface area (Å²) in [6.07, 6.45) is 0.616. The number of imide groups is 1. The van der Waals surface area contributed by atoms with Crippen LogP contribution >= 0.6 is 0 Å². The maximum atomic E-state index is 12.5. The first-order valence-electron chi connectivity index (χ1n) is 9.01. The molecule has 3 aliphatic rings. The Bertz CT molecular complexity index is 794. The molecule has 4 unspecified atom stereocenters. The minimum atomic E-state index is -0.710. The molecule has 3 fully saturated rings. The molecular weight excluding hydrogens is 352 g/mol. The van der Waals surface area contributed by atoms with Crippen molar-refractivity contribution >= 4 is 29.4 Å². The molecule has 1 aromatic carbocycles. The molecule has 2 bridgehead atoms. The van der Waals surface area contributed by atoms with Crippen molar-refractivity contribution in [3.63, 3.8) is 0 Å². The third-order valence-electron chi connectivity index (χ3n) is 5.44. The van der Waals surface area contributed by atoms with E-state index in [0.717, 1.165) is 12.8 Å². The summed E-state index contributed by atoms with van der Waals surface area (Å²) in [5, 5.41) is 2.53. The fourth-order valence-electron chi connectivity index (χ4n) is 4.19. The maximum Gasteiger partial charge on any atom is 0.411 e. The molecule has 0 spiro atoms. The first-order valence-corrected chi connectivity index (χ1v) is 9.01. The van der Waals surface area contributed by atoms with Crippen molar-refractivity contribution < 1.29 is 28.7 Å². The van der Waals surface area contributed by atoms with Gasteiger partial charge in [-0.1, -0.05) is 12.1 Å². The Balaban J connectivity index is 1.29. The lowest BCUT2D eigenvalue weighted by molar-refractivity contribution is -0.143. The first-order chi connectivity index (χ1) is 13.0. The zero-order valence-electron chi connectivity index (χ0n) is 14.8. The Morgan fingerprint density at radius 1 is 1.19 bits per heavy atom. The molecule has 3 amide bonds. The predicted molar refractivity (Wildman–Crippen MR) is 93.0 cm³/mol. The monoisotopic (exact) mass is 372 g/mol. The number of amides is 3. The minimum absolute atomic E-state index is 0.0328. The topological polar surface area (TPSA) is 102 Å². The van der Waals surface area contributed by atoms with Gasteiger partial charge in [0.15, 0.2) is 5.78 Å². The molecule has 142 valence electrons. The van der Waals surface area contributed by atoms with Crippen LogP contribution < -0.4 is 5.32 Å². The number of fused-ring (bicyclic) bond motifs is 5. The minimum Gasteiger partial charge on any atom is -0.447 e. The van der Waals surface area contributed by atoms with Crippen molar-refractivity contribution in [1.82, 2.24) is 4.90 Å². The average Bonchev–Trinajstić information content (AvgIpc) is 3.31. The van der Waals surface area contributed by atoms with Crippen LogP contribution in [0.1, 0.15) is 30.1 Å². The van der Waals surface area contributed by atoms with Gasteiger partial charge >= 0.3 is 6.09 Å². The van der Waals surface area contributed by atoms with Gasteiger partial charge in [-0.3, -0.25) is 24.6 Å². The van der Waals surface area contributed by atoms with Crippen LogP contribution in [0.5, 0.6) is 0 Å². The van der Waals surface area contributed by atoms with Crippen LogP contribution in [-0.4, -0.2) is 54.0 Å². The standard InChI is InChI=1S/C19H20N2O6/c1-10(22)11-3-2-4-12(9-11)20-19(25)26-8-7-21-17(23)15-13-5-6-14(27-13)16(15)18(21)24/h2-4,9,13-16H,5-8H2,1H3,(H,20,25). The van der Waals surface area contributed by atoms with E-state index in [0.29, 0.717) is 11.3 Å². The smallest absolute Gasteiger partial charge is 0.411 e. The number of hydrogen-bond acceptors (Lipinski definition) is 6. The van der Waals surface area contributed by atoms with Crippen molar-refractivity contribution in [3.05, 3.63) is 29.8 Å². The Morgan fingerprint density at radius 2 is 1.85 bits per heavy atom. The number of benzene rings is 1. The molecule has 1 N–H and O–H groups in total. The van der Waals surface area contributed by atoms with E-state index in [-0.39, 0.29) is 54.8 Å². The number of anilines is 1. The van der Waals surface area contributed by atoms with Crippen molar-refractivity contribution in [2.45, 2.75) is 32.0 Å². The fourth-order valence-corrected chi connectivity index (χ4v) is 4.19. The number of nitrogens with one attached hydrogen (secondary N) is 1. The van der Waals surface area contributed by atoms with E-state index in [1.165, 1.54) is 11.8 Å². The van der Waals surface area contributed by atoms with Crippen LogP contribution in [-0.2, 0) is 19.1 Å². The lowest BCUT2D eigenvalue weighted by Crippen LogP contribution is -2.37. The highest BCUT2D eigenvalue weighted by molar-refractivity contribution is 6.06. The molecule has 3 aliphatic heterocycles. The first kappa shape index (κ1) is 17.7. The normalized spacial score (nSPS) is 28.4.